The van der Waals surface area contributed by atoms with E-state index >= 15 is 4.39 Å². The summed E-state index contributed by atoms with van der Waals surface area (Å²) in [6.07, 6.45) is 10.6. The number of hydrogen-bond acceptors (Lipinski definition) is 8. The Bertz CT molecular complexity index is 2080. The van der Waals surface area contributed by atoms with Crippen LogP contribution in [0.5, 0.6) is 17.2 Å². The third-order valence-corrected chi connectivity index (χ3v) is 10.6. The van der Waals surface area contributed by atoms with Crippen molar-refractivity contribution in [1.82, 2.24) is 20.1 Å². The smallest absolute Gasteiger partial charge is 0.407 e. The average molecular weight is 698 g/mol. The SMILES string of the molecule is CN1CCCC1CCNC(=O)c1cn2c3c(c(N4CC[C@H](NC(=O)OC(C)(C)C)C4)c(F)cc3c1=O)Oc1cc3c(cc1-2)C1=C(C=CCC1)CO3. The van der Waals surface area contributed by atoms with Crippen LogP contribution in [0.2, 0.25) is 0 Å². The lowest BCUT2D eigenvalue weighted by Crippen LogP contribution is -2.40. The molecule has 2 amide bonds. The zero-order valence-corrected chi connectivity index (χ0v) is 29.6. The normalized spacial score (nSPS) is 20.8. The second-order valence-corrected chi connectivity index (χ2v) is 15.2. The number of alkyl carbamates (subject to hydrolysis) is 1. The summed E-state index contributed by atoms with van der Waals surface area (Å²) in [5.41, 5.74) is 3.16. The standard InChI is InChI=1S/C39H44FN5O6/c1-39(2,3)51-38(48)42-23-12-15-44(19-23)34-29(40)16-27-33-36(34)50-32-18-31-26(25-10-6-5-8-22(25)21-49-31)17-30(32)45(33)20-28(35(27)46)37(47)41-13-11-24-9-7-14-43(24)4/h5,8,16-18,20,23-24H,6-7,9-15,19,21H2,1-4H3,(H,41,47)(H,42,48)/t23-,24?/m0/s1. The van der Waals surface area contributed by atoms with Crippen LogP contribution in [-0.2, 0) is 4.74 Å². The number of anilines is 1. The molecule has 5 aliphatic rings. The second-order valence-electron chi connectivity index (χ2n) is 15.2. The number of nitrogens with zero attached hydrogens (tertiary/aromatic N) is 3. The molecule has 12 heteroatoms. The third-order valence-electron chi connectivity index (χ3n) is 10.6. The van der Waals surface area contributed by atoms with Gasteiger partial charge in [-0.05, 0) is 96.2 Å². The van der Waals surface area contributed by atoms with Crippen LogP contribution in [0, 0.1) is 5.82 Å². The number of fused-ring (bicyclic) bond motifs is 4. The first-order valence-electron chi connectivity index (χ1n) is 18.0. The summed E-state index contributed by atoms with van der Waals surface area (Å²) in [5.74, 6) is 0.123. The van der Waals surface area contributed by atoms with E-state index in [0.29, 0.717) is 61.4 Å². The number of halogens is 1. The molecule has 2 N–H and O–H groups in total. The van der Waals surface area contributed by atoms with Crippen molar-refractivity contribution in [3.8, 4) is 22.9 Å². The maximum absolute atomic E-state index is 16.4. The van der Waals surface area contributed by atoms with E-state index in [0.717, 1.165) is 49.8 Å². The Hall–Kier alpha value is -4.84. The Balaban J connectivity index is 1.21. The Morgan fingerprint density at radius 3 is 2.75 bits per heavy atom. The maximum Gasteiger partial charge on any atom is 0.407 e. The molecule has 268 valence electrons. The molecule has 4 aliphatic heterocycles. The van der Waals surface area contributed by atoms with Crippen LogP contribution in [0.4, 0.5) is 14.9 Å². The quantitative estimate of drug-likeness (QED) is 0.251. The summed E-state index contributed by atoms with van der Waals surface area (Å²) < 4.78 is 36.4. The van der Waals surface area contributed by atoms with Crippen molar-refractivity contribution in [3.63, 3.8) is 0 Å². The van der Waals surface area contributed by atoms with E-state index < -0.39 is 28.8 Å². The summed E-state index contributed by atoms with van der Waals surface area (Å²) in [6.45, 7) is 8.04. The van der Waals surface area contributed by atoms with Gasteiger partial charge in [-0.1, -0.05) is 12.2 Å². The molecule has 0 saturated carbocycles. The number of carbonyl (C=O) groups excluding carboxylic acids is 2. The summed E-state index contributed by atoms with van der Waals surface area (Å²) in [5, 5.41) is 5.91. The Morgan fingerprint density at radius 2 is 1.96 bits per heavy atom. The molecule has 0 radical (unpaired) electrons. The van der Waals surface area contributed by atoms with Crippen LogP contribution in [0.1, 0.15) is 75.2 Å². The molecule has 11 nitrogen and oxygen atoms in total. The molecule has 2 atom stereocenters. The van der Waals surface area contributed by atoms with Crippen LogP contribution in [0.15, 0.2) is 46.9 Å². The lowest BCUT2D eigenvalue weighted by molar-refractivity contribution is 0.0508. The number of amides is 2. The van der Waals surface area contributed by atoms with Crippen LogP contribution < -0.4 is 30.4 Å². The highest BCUT2D eigenvalue weighted by Gasteiger charge is 2.36. The van der Waals surface area contributed by atoms with Crippen LogP contribution in [0.3, 0.4) is 0 Å². The fourth-order valence-corrected chi connectivity index (χ4v) is 8.10. The van der Waals surface area contributed by atoms with E-state index in [2.05, 4.69) is 34.7 Å². The zero-order valence-electron chi connectivity index (χ0n) is 29.6. The number of likely N-dealkylation sites (tertiary alicyclic amines) is 1. The van der Waals surface area contributed by atoms with Gasteiger partial charge in [0.25, 0.3) is 5.91 Å². The first-order chi connectivity index (χ1) is 24.4. The zero-order chi connectivity index (χ0) is 35.6. The summed E-state index contributed by atoms with van der Waals surface area (Å²) in [7, 11) is 2.09. The molecule has 3 aromatic rings. The Kier molecular flexibility index (Phi) is 8.32. The largest absolute Gasteiger partial charge is 0.488 e. The van der Waals surface area contributed by atoms with Crippen molar-refractivity contribution in [3.05, 3.63) is 69.3 Å². The number of nitrogens with one attached hydrogen (secondary N) is 2. The van der Waals surface area contributed by atoms with Gasteiger partial charge in [0.15, 0.2) is 17.3 Å². The molecular weight excluding hydrogens is 653 g/mol. The highest BCUT2D eigenvalue weighted by molar-refractivity contribution is 6.01. The summed E-state index contributed by atoms with van der Waals surface area (Å²) in [6, 6.07) is 5.12. The van der Waals surface area contributed by atoms with Crippen molar-refractivity contribution >= 4 is 34.2 Å². The fourth-order valence-electron chi connectivity index (χ4n) is 8.10. The summed E-state index contributed by atoms with van der Waals surface area (Å²) >= 11 is 0. The number of allylic oxidation sites excluding steroid dienone is 2. The molecule has 0 bridgehead atoms. The monoisotopic (exact) mass is 697 g/mol. The number of aromatic nitrogens is 1. The number of hydrogen-bond donors (Lipinski definition) is 2. The predicted molar refractivity (Wildman–Crippen MR) is 193 cm³/mol. The Labute approximate surface area is 296 Å². The lowest BCUT2D eigenvalue weighted by Gasteiger charge is -2.31. The maximum atomic E-state index is 16.4. The molecule has 5 heterocycles. The van der Waals surface area contributed by atoms with E-state index in [9.17, 15) is 14.4 Å². The minimum Gasteiger partial charge on any atom is -0.488 e. The highest BCUT2D eigenvalue weighted by Crippen LogP contribution is 2.50. The van der Waals surface area contributed by atoms with Gasteiger partial charge in [-0.15, -0.1) is 0 Å². The van der Waals surface area contributed by atoms with E-state index in [1.807, 2.05) is 17.0 Å². The van der Waals surface area contributed by atoms with Crippen molar-refractivity contribution in [2.45, 2.75) is 77.0 Å². The van der Waals surface area contributed by atoms with Crippen molar-refractivity contribution in [1.29, 1.82) is 0 Å². The van der Waals surface area contributed by atoms with E-state index in [1.54, 1.807) is 31.5 Å². The van der Waals surface area contributed by atoms with Crippen LogP contribution in [0.25, 0.3) is 22.2 Å². The van der Waals surface area contributed by atoms with Gasteiger partial charge >= 0.3 is 6.09 Å². The van der Waals surface area contributed by atoms with Gasteiger partial charge in [0, 0.05) is 43.5 Å². The summed E-state index contributed by atoms with van der Waals surface area (Å²) in [4.78, 5) is 44.4. The van der Waals surface area contributed by atoms with Gasteiger partial charge in [0.05, 0.1) is 17.1 Å². The molecule has 8 rings (SSSR count). The molecule has 0 spiro atoms. The van der Waals surface area contributed by atoms with Gasteiger partial charge in [0.1, 0.15) is 34.7 Å². The number of carbonyl (C=O) groups is 2. The molecule has 2 saturated heterocycles. The van der Waals surface area contributed by atoms with Crippen LogP contribution in [-0.4, -0.2) is 79.0 Å². The van der Waals surface area contributed by atoms with E-state index in [4.69, 9.17) is 14.2 Å². The van der Waals surface area contributed by atoms with Gasteiger partial charge in [-0.25, -0.2) is 9.18 Å². The highest BCUT2D eigenvalue weighted by atomic mass is 19.1. The molecule has 2 aromatic carbocycles. The first-order valence-corrected chi connectivity index (χ1v) is 18.0. The molecule has 2 fully saturated rings. The first kappa shape index (κ1) is 33.3. The fraction of sp³-hybridized carbons (Fsp3) is 0.462. The van der Waals surface area contributed by atoms with Gasteiger partial charge < -0.3 is 39.2 Å². The lowest BCUT2D eigenvalue weighted by atomic mass is 9.89. The van der Waals surface area contributed by atoms with Crippen molar-refractivity contribution < 1.29 is 28.2 Å². The van der Waals surface area contributed by atoms with Gasteiger partial charge in [-0.2, -0.15) is 0 Å². The number of pyridine rings is 1. The number of benzene rings is 2. The third kappa shape index (κ3) is 6.13. The van der Waals surface area contributed by atoms with Gasteiger partial charge in [0.2, 0.25) is 5.43 Å². The second kappa shape index (κ2) is 12.7. The van der Waals surface area contributed by atoms with Crippen molar-refractivity contribution in [2.24, 2.45) is 0 Å². The minimum absolute atomic E-state index is 0.0529. The number of ether oxygens (including phenoxy) is 3. The molecule has 1 aliphatic carbocycles. The predicted octanol–water partition coefficient (Wildman–Crippen LogP) is 6.05. The van der Waals surface area contributed by atoms with E-state index in [-0.39, 0.29) is 28.4 Å². The topological polar surface area (TPSA) is 114 Å². The molecule has 1 unspecified atom stereocenters. The molecule has 51 heavy (non-hydrogen) atoms. The van der Waals surface area contributed by atoms with Crippen molar-refractivity contribution in [2.75, 3.05) is 44.7 Å². The molecular formula is C39H44FN5O6. The Morgan fingerprint density at radius 1 is 1.12 bits per heavy atom. The minimum atomic E-state index is -0.654. The number of rotatable bonds is 6. The van der Waals surface area contributed by atoms with E-state index in [1.165, 1.54) is 11.6 Å². The van der Waals surface area contributed by atoms with Gasteiger partial charge in [-0.3, -0.25) is 9.59 Å². The average Bonchev–Trinajstić information content (AvgIpc) is 3.72. The van der Waals surface area contributed by atoms with Crippen LogP contribution >= 0.6 is 0 Å². The molecule has 1 aromatic heterocycles.